The summed E-state index contributed by atoms with van der Waals surface area (Å²) >= 11 is 0. The minimum atomic E-state index is -0.815. The highest BCUT2D eigenvalue weighted by Crippen LogP contribution is 2.21. The van der Waals surface area contributed by atoms with Crippen molar-refractivity contribution in [2.75, 3.05) is 0 Å². The van der Waals surface area contributed by atoms with Gasteiger partial charge < -0.3 is 10.1 Å². The summed E-state index contributed by atoms with van der Waals surface area (Å²) in [5.74, 6) is -0.815. The van der Waals surface area contributed by atoms with Gasteiger partial charge in [-0.25, -0.2) is 0 Å². The Labute approximate surface area is 88.7 Å². The number of carboxylic acid groups (broad SMARTS) is 1. The van der Waals surface area contributed by atoms with Gasteiger partial charge in [0.2, 0.25) is 0 Å². The fourth-order valence-electron chi connectivity index (χ4n) is 2.15. The van der Waals surface area contributed by atoms with Gasteiger partial charge in [0.25, 0.3) is 0 Å². The van der Waals surface area contributed by atoms with Gasteiger partial charge in [-0.15, -0.1) is 0 Å². The van der Waals surface area contributed by atoms with Crippen molar-refractivity contribution in [2.24, 2.45) is 0 Å². The highest BCUT2D eigenvalue weighted by molar-refractivity contribution is 5.74. The van der Waals surface area contributed by atoms with Gasteiger partial charge in [-0.2, -0.15) is 0 Å². The number of aliphatic carboxylic acids is 1. The van der Waals surface area contributed by atoms with Gasteiger partial charge in [-0.1, -0.05) is 12.8 Å². The van der Waals surface area contributed by atoms with E-state index in [4.69, 9.17) is 5.11 Å². The van der Waals surface area contributed by atoms with E-state index in [2.05, 4.69) is 10.3 Å². The predicted octanol–water partition coefficient (Wildman–Crippen LogP) is 1.67. The van der Waals surface area contributed by atoms with Gasteiger partial charge in [0.15, 0.2) is 0 Å². The van der Waals surface area contributed by atoms with Crippen LogP contribution in [0.5, 0.6) is 0 Å². The normalized spacial score (nSPS) is 19.2. The van der Waals surface area contributed by atoms with Crippen LogP contribution >= 0.6 is 0 Å². The molecule has 1 unspecified atom stereocenters. The van der Waals surface area contributed by atoms with Crippen molar-refractivity contribution in [2.45, 2.75) is 37.8 Å². The van der Waals surface area contributed by atoms with Crippen molar-refractivity contribution in [1.29, 1.82) is 0 Å². The van der Waals surface area contributed by atoms with E-state index in [1.165, 1.54) is 12.8 Å². The summed E-state index contributed by atoms with van der Waals surface area (Å²) < 4.78 is 0. The average molecular weight is 208 g/mol. The van der Waals surface area contributed by atoms with Crippen molar-refractivity contribution in [3.63, 3.8) is 0 Å². The third-order valence-corrected chi connectivity index (χ3v) is 2.94. The molecule has 0 bridgehead atoms. The quantitative estimate of drug-likeness (QED) is 0.705. The van der Waals surface area contributed by atoms with Gasteiger partial charge in [0.1, 0.15) is 6.04 Å². The zero-order valence-electron chi connectivity index (χ0n) is 8.57. The molecule has 0 saturated heterocycles. The molecular weight excluding hydrogens is 192 g/mol. The Morgan fingerprint density at radius 2 is 2.27 bits per heavy atom. The molecule has 0 spiro atoms. The van der Waals surface area contributed by atoms with E-state index in [1.807, 2.05) is 6.07 Å². The maximum atomic E-state index is 11.1. The summed E-state index contributed by atoms with van der Waals surface area (Å²) in [7, 11) is 0. The molecule has 2 rings (SSSR count). The predicted molar refractivity (Wildman–Crippen MR) is 56.6 cm³/mol. The maximum absolute atomic E-state index is 11.1. The van der Waals surface area contributed by atoms with Crippen molar-refractivity contribution in [1.82, 2.24) is 10.3 Å². The fourth-order valence-corrected chi connectivity index (χ4v) is 2.15. The molecule has 0 aliphatic heterocycles. The van der Waals surface area contributed by atoms with E-state index in [1.54, 1.807) is 12.3 Å². The van der Waals surface area contributed by atoms with Gasteiger partial charge in [-0.05, 0) is 25.0 Å². The first-order chi connectivity index (χ1) is 7.27. The van der Waals surface area contributed by atoms with Gasteiger partial charge in [0, 0.05) is 17.9 Å². The van der Waals surface area contributed by atoms with E-state index in [0.29, 0.717) is 6.04 Å². The number of rotatable bonds is 4. The Bertz CT molecular complexity index is 315. The first-order valence-electron chi connectivity index (χ1n) is 5.39. The first-order valence-corrected chi connectivity index (χ1v) is 5.39. The number of hydrogen-bond acceptors (Lipinski definition) is 2. The second-order valence-electron chi connectivity index (χ2n) is 4.04. The van der Waals surface area contributed by atoms with Crippen LogP contribution in [0.1, 0.15) is 37.4 Å². The van der Waals surface area contributed by atoms with E-state index in [9.17, 15) is 4.79 Å². The van der Waals surface area contributed by atoms with Crippen molar-refractivity contribution < 1.29 is 9.90 Å². The van der Waals surface area contributed by atoms with Crippen LogP contribution in [0, 0.1) is 0 Å². The molecule has 82 valence electrons. The van der Waals surface area contributed by atoms with Gasteiger partial charge in [0.05, 0.1) is 0 Å². The molecule has 1 saturated carbocycles. The van der Waals surface area contributed by atoms with E-state index in [-0.39, 0.29) is 0 Å². The van der Waals surface area contributed by atoms with Crippen LogP contribution in [-0.2, 0) is 4.79 Å². The van der Waals surface area contributed by atoms with Crippen LogP contribution in [0.2, 0.25) is 0 Å². The van der Waals surface area contributed by atoms with E-state index < -0.39 is 12.0 Å². The van der Waals surface area contributed by atoms with Crippen LogP contribution in [-0.4, -0.2) is 22.1 Å². The van der Waals surface area contributed by atoms with Crippen LogP contribution in [0.25, 0.3) is 0 Å². The lowest BCUT2D eigenvalue weighted by molar-refractivity contribution is -0.140. The van der Waals surface area contributed by atoms with Gasteiger partial charge >= 0.3 is 5.97 Å². The lowest BCUT2D eigenvalue weighted by Crippen LogP contribution is -2.35. The first kappa shape index (κ1) is 10.2. The molecule has 3 N–H and O–H groups in total. The fraction of sp³-hybridized carbons (Fsp3) is 0.545. The third kappa shape index (κ3) is 2.39. The molecule has 0 amide bonds. The number of carboxylic acids is 1. The number of nitrogens with one attached hydrogen (secondary N) is 2. The molecule has 1 aliphatic rings. The summed E-state index contributed by atoms with van der Waals surface area (Å²) in [4.78, 5) is 14.1. The Morgan fingerprint density at radius 3 is 2.80 bits per heavy atom. The molecule has 1 heterocycles. The lowest BCUT2D eigenvalue weighted by Gasteiger charge is -2.18. The Kier molecular flexibility index (Phi) is 3.06. The second kappa shape index (κ2) is 4.49. The Balaban J connectivity index is 2.03. The number of hydrogen-bond donors (Lipinski definition) is 3. The van der Waals surface area contributed by atoms with Crippen LogP contribution < -0.4 is 5.32 Å². The summed E-state index contributed by atoms with van der Waals surface area (Å²) in [5, 5.41) is 12.3. The Hall–Kier alpha value is -1.29. The summed E-state index contributed by atoms with van der Waals surface area (Å²) in [6.07, 6.45) is 6.33. The third-order valence-electron chi connectivity index (χ3n) is 2.94. The highest BCUT2D eigenvalue weighted by atomic mass is 16.4. The minimum absolute atomic E-state index is 0.356. The zero-order valence-corrected chi connectivity index (χ0v) is 8.57. The topological polar surface area (TPSA) is 65.1 Å². The maximum Gasteiger partial charge on any atom is 0.326 e. The van der Waals surface area contributed by atoms with Crippen molar-refractivity contribution >= 4 is 5.97 Å². The molecule has 15 heavy (non-hydrogen) atoms. The Morgan fingerprint density at radius 1 is 1.53 bits per heavy atom. The van der Waals surface area contributed by atoms with Crippen molar-refractivity contribution in [3.05, 3.63) is 24.0 Å². The molecule has 0 radical (unpaired) electrons. The molecule has 1 aromatic heterocycles. The highest BCUT2D eigenvalue weighted by Gasteiger charge is 2.25. The van der Waals surface area contributed by atoms with Crippen LogP contribution in [0.3, 0.4) is 0 Å². The van der Waals surface area contributed by atoms with E-state index in [0.717, 1.165) is 18.5 Å². The average Bonchev–Trinajstić information content (AvgIpc) is 2.87. The second-order valence-corrected chi connectivity index (χ2v) is 4.04. The standard InChI is InChI=1S/C11H16N2O2/c14-11(15)10(9-6-3-7-12-9)13-8-4-1-2-5-8/h3,6-8,10,12-13H,1-2,4-5H2,(H,14,15). The SMILES string of the molecule is O=C(O)C(NC1CCCC1)c1ccc[nH]1. The zero-order chi connectivity index (χ0) is 10.7. The molecule has 1 aliphatic carbocycles. The van der Waals surface area contributed by atoms with E-state index >= 15 is 0 Å². The summed E-state index contributed by atoms with van der Waals surface area (Å²) in [6.45, 7) is 0. The molecule has 1 aromatic rings. The molecular formula is C11H16N2O2. The van der Waals surface area contributed by atoms with Crippen LogP contribution in [0.4, 0.5) is 0 Å². The monoisotopic (exact) mass is 208 g/mol. The lowest BCUT2D eigenvalue weighted by atomic mass is 10.1. The van der Waals surface area contributed by atoms with Crippen molar-refractivity contribution in [3.8, 4) is 0 Å². The largest absolute Gasteiger partial charge is 0.480 e. The number of H-pyrrole nitrogens is 1. The molecule has 1 fully saturated rings. The number of carbonyl (C=O) groups is 1. The van der Waals surface area contributed by atoms with Crippen LogP contribution in [0.15, 0.2) is 18.3 Å². The van der Waals surface area contributed by atoms with Gasteiger partial charge in [-0.3, -0.25) is 10.1 Å². The number of aromatic nitrogens is 1. The molecule has 4 heteroatoms. The number of aromatic amines is 1. The summed E-state index contributed by atoms with van der Waals surface area (Å²) in [5.41, 5.74) is 0.731. The summed E-state index contributed by atoms with van der Waals surface area (Å²) in [6, 6.07) is 3.39. The smallest absolute Gasteiger partial charge is 0.326 e. The molecule has 1 atom stereocenters. The molecule has 0 aromatic carbocycles. The molecule has 4 nitrogen and oxygen atoms in total. The minimum Gasteiger partial charge on any atom is -0.480 e.